The molecule has 0 fully saturated rings. The molecule has 0 spiro atoms. The van der Waals surface area contributed by atoms with Gasteiger partial charge in [0.2, 0.25) is 6.33 Å². The molecule has 6 nitrogen and oxygen atoms in total. The molecule has 4 N–H and O–H groups in total. The third kappa shape index (κ3) is 23.8. The van der Waals surface area contributed by atoms with Crippen molar-refractivity contribution >= 4 is 0 Å². The van der Waals surface area contributed by atoms with Gasteiger partial charge in [-0.05, 0) is 12.8 Å². The highest BCUT2D eigenvalue weighted by Gasteiger charge is 1.99. The third-order valence-corrected chi connectivity index (χ3v) is 4.59. The van der Waals surface area contributed by atoms with Gasteiger partial charge in [0, 0.05) is 0 Å². The molecule has 1 heterocycles. The number of aryl methyl sites for hydroxylation is 2. The van der Waals surface area contributed by atoms with Gasteiger partial charge in [0.1, 0.15) is 12.4 Å². The summed E-state index contributed by atoms with van der Waals surface area (Å²) in [6.45, 7) is 3.47. The molecule has 0 saturated carbocycles. The van der Waals surface area contributed by atoms with Crippen LogP contribution in [0.1, 0.15) is 96.8 Å². The van der Waals surface area contributed by atoms with E-state index in [0.717, 1.165) is 0 Å². The Morgan fingerprint density at radius 2 is 1.11 bits per heavy atom. The number of hydrogen-bond acceptors (Lipinski definition) is 4. The first-order valence-electron chi connectivity index (χ1n) is 10.9. The summed E-state index contributed by atoms with van der Waals surface area (Å²) in [4.78, 5) is 0. The minimum absolute atomic E-state index is 1.18. The van der Waals surface area contributed by atoms with Crippen LogP contribution < -0.4 is 16.0 Å². The highest BCUT2D eigenvalue weighted by molar-refractivity contribution is 4.62. The standard InChI is InChI=1S/C20H39N2.2CH2N2/c1-3-4-5-6-7-8-9-10-11-12-13-14-15-16-17-22-19-18-21(2)20-22;2*2-1-3/h18-20H,3-17H2,1-2H3;2*2H2/q+1;;. The van der Waals surface area contributed by atoms with E-state index in [1.54, 1.807) is 0 Å². The molecule has 1 aromatic heterocycles. The highest BCUT2D eigenvalue weighted by Crippen LogP contribution is 2.12. The fraction of sp³-hybridized carbons (Fsp3) is 0.773. The SMILES string of the molecule is CCCCCCCCCCCCCCCC[n+]1ccn(C)c1.N#CN.N#CN. The van der Waals surface area contributed by atoms with E-state index in [4.69, 9.17) is 10.5 Å². The van der Waals surface area contributed by atoms with E-state index < -0.39 is 0 Å². The Morgan fingerprint density at radius 1 is 0.750 bits per heavy atom. The number of rotatable bonds is 15. The monoisotopic (exact) mass is 391 g/mol. The second-order valence-corrected chi connectivity index (χ2v) is 7.17. The predicted octanol–water partition coefficient (Wildman–Crippen LogP) is 4.65. The molecular weight excluding hydrogens is 348 g/mol. The molecule has 6 heteroatoms. The van der Waals surface area contributed by atoms with Gasteiger partial charge < -0.3 is 11.5 Å². The van der Waals surface area contributed by atoms with Crippen LogP contribution in [-0.4, -0.2) is 4.57 Å². The first-order valence-corrected chi connectivity index (χ1v) is 10.9. The van der Waals surface area contributed by atoms with Gasteiger partial charge in [-0.25, -0.2) is 9.13 Å². The maximum atomic E-state index is 7.10. The van der Waals surface area contributed by atoms with Gasteiger partial charge >= 0.3 is 0 Å². The number of imidazole rings is 1. The summed E-state index contributed by atoms with van der Waals surface area (Å²) in [6.07, 6.45) is 29.0. The van der Waals surface area contributed by atoms with Gasteiger partial charge in [-0.1, -0.05) is 84.0 Å². The van der Waals surface area contributed by atoms with Crippen LogP contribution in [0.4, 0.5) is 0 Å². The Balaban J connectivity index is 0. The highest BCUT2D eigenvalue weighted by atomic mass is 15.1. The number of nitriles is 2. The molecule has 0 aliphatic heterocycles. The van der Waals surface area contributed by atoms with Crippen molar-refractivity contribution in [3.63, 3.8) is 0 Å². The van der Waals surface area contributed by atoms with Gasteiger partial charge in [0.25, 0.3) is 0 Å². The Labute approximate surface area is 173 Å². The fourth-order valence-corrected chi connectivity index (χ4v) is 3.12. The second kappa shape index (κ2) is 24.8. The quantitative estimate of drug-likeness (QED) is 0.196. The van der Waals surface area contributed by atoms with Crippen molar-refractivity contribution in [2.24, 2.45) is 18.5 Å². The molecule has 0 amide bonds. The van der Waals surface area contributed by atoms with E-state index in [9.17, 15) is 0 Å². The van der Waals surface area contributed by atoms with Gasteiger partial charge in [-0.15, -0.1) is 0 Å². The van der Waals surface area contributed by atoms with E-state index in [2.05, 4.69) is 53.3 Å². The van der Waals surface area contributed by atoms with Crippen molar-refractivity contribution < 1.29 is 4.57 Å². The van der Waals surface area contributed by atoms with Crippen LogP contribution in [0.5, 0.6) is 0 Å². The van der Waals surface area contributed by atoms with Gasteiger partial charge in [-0.2, -0.15) is 10.5 Å². The maximum absolute atomic E-state index is 7.10. The van der Waals surface area contributed by atoms with E-state index in [1.165, 1.54) is 109 Å². The van der Waals surface area contributed by atoms with Crippen molar-refractivity contribution in [2.75, 3.05) is 0 Å². The molecule has 0 unspecified atom stereocenters. The summed E-state index contributed by atoms with van der Waals surface area (Å²) < 4.78 is 4.41. The van der Waals surface area contributed by atoms with E-state index in [1.807, 2.05) is 0 Å². The summed E-state index contributed by atoms with van der Waals surface area (Å²) >= 11 is 0. The fourth-order valence-electron chi connectivity index (χ4n) is 3.12. The lowest BCUT2D eigenvalue weighted by molar-refractivity contribution is -0.696. The lowest BCUT2D eigenvalue weighted by Gasteiger charge is -2.03. The molecule has 1 rings (SSSR count). The molecule has 28 heavy (non-hydrogen) atoms. The molecule has 0 radical (unpaired) electrons. The molecule has 0 aliphatic rings. The van der Waals surface area contributed by atoms with Gasteiger partial charge in [-0.3, -0.25) is 0 Å². The number of nitrogens with two attached hydrogens (primary N) is 2. The van der Waals surface area contributed by atoms with E-state index in [0.29, 0.717) is 0 Å². The summed E-state index contributed by atoms with van der Waals surface area (Å²) in [5.74, 6) is 0. The van der Waals surface area contributed by atoms with Crippen LogP contribution in [0.15, 0.2) is 18.7 Å². The first-order chi connectivity index (χ1) is 13.7. The molecule has 0 aromatic carbocycles. The van der Waals surface area contributed by atoms with Crippen LogP contribution in [-0.2, 0) is 13.6 Å². The number of nitrogens with zero attached hydrogens (tertiary/aromatic N) is 4. The normalized spacial score (nSPS) is 9.29. The lowest BCUT2D eigenvalue weighted by Crippen LogP contribution is -2.30. The Bertz CT molecular complexity index is 486. The van der Waals surface area contributed by atoms with Crippen LogP contribution in [0.3, 0.4) is 0 Å². The summed E-state index contributed by atoms with van der Waals surface area (Å²) in [5.41, 5.74) is 8.31. The zero-order chi connectivity index (χ0) is 21.3. The lowest BCUT2D eigenvalue weighted by atomic mass is 10.0. The van der Waals surface area contributed by atoms with Gasteiger partial charge in [0.05, 0.1) is 13.6 Å². The van der Waals surface area contributed by atoms with Crippen LogP contribution >= 0.6 is 0 Å². The van der Waals surface area contributed by atoms with Crippen molar-refractivity contribution in [3.8, 4) is 12.4 Å². The van der Waals surface area contributed by atoms with Crippen molar-refractivity contribution in [3.05, 3.63) is 18.7 Å². The Hall–Kier alpha value is -2.21. The first kappa shape index (κ1) is 28.0. The average Bonchev–Trinajstić information content (AvgIpc) is 3.08. The molecular formula is C22H43N6+. The molecule has 160 valence electrons. The summed E-state index contributed by atoms with van der Waals surface area (Å²) in [6, 6.07) is 0. The van der Waals surface area contributed by atoms with Crippen molar-refractivity contribution in [1.82, 2.24) is 4.57 Å². The number of hydrogen-bond donors (Lipinski definition) is 2. The zero-order valence-electron chi connectivity index (χ0n) is 18.3. The van der Waals surface area contributed by atoms with Crippen LogP contribution in [0.25, 0.3) is 0 Å². The van der Waals surface area contributed by atoms with Crippen molar-refractivity contribution in [1.29, 1.82) is 10.5 Å². The smallest absolute Gasteiger partial charge is 0.243 e. The largest absolute Gasteiger partial charge is 0.337 e. The van der Waals surface area contributed by atoms with Crippen molar-refractivity contribution in [2.45, 2.75) is 103 Å². The maximum Gasteiger partial charge on any atom is 0.243 e. The molecule has 0 saturated heterocycles. The third-order valence-electron chi connectivity index (χ3n) is 4.59. The number of unbranched alkanes of at least 4 members (excludes halogenated alkanes) is 13. The van der Waals surface area contributed by atoms with Crippen LogP contribution in [0, 0.1) is 22.9 Å². The number of aromatic nitrogens is 2. The minimum atomic E-state index is 1.18. The Kier molecular flexibility index (Phi) is 24.8. The molecule has 0 aliphatic carbocycles. The van der Waals surface area contributed by atoms with Crippen LogP contribution in [0.2, 0.25) is 0 Å². The average molecular weight is 392 g/mol. The topological polar surface area (TPSA) is 108 Å². The summed E-state index contributed by atoms with van der Waals surface area (Å²) in [5, 5.41) is 14.2. The second-order valence-electron chi connectivity index (χ2n) is 7.17. The van der Waals surface area contributed by atoms with Gasteiger partial charge in [0.15, 0.2) is 12.4 Å². The minimum Gasteiger partial charge on any atom is -0.337 e. The molecule has 0 bridgehead atoms. The predicted molar refractivity (Wildman–Crippen MR) is 116 cm³/mol. The molecule has 1 aromatic rings. The zero-order valence-corrected chi connectivity index (χ0v) is 18.3. The van der Waals surface area contributed by atoms with E-state index in [-0.39, 0.29) is 0 Å². The molecule has 0 atom stereocenters. The summed E-state index contributed by atoms with van der Waals surface area (Å²) in [7, 11) is 2.09. The van der Waals surface area contributed by atoms with E-state index >= 15 is 0 Å². The Morgan fingerprint density at radius 3 is 1.43 bits per heavy atom.